The Morgan fingerprint density at radius 1 is 1.19 bits per heavy atom. The second-order valence-corrected chi connectivity index (χ2v) is 8.45. The van der Waals surface area contributed by atoms with Gasteiger partial charge in [0.05, 0.1) is 33.0 Å². The first-order valence-electron chi connectivity index (χ1n) is 9.70. The fraction of sp³-hybridized carbons (Fsp3) is 0.682. The lowest BCUT2D eigenvalue weighted by molar-refractivity contribution is -0.231. The monoisotopic (exact) mass is 378 g/mol. The van der Waals surface area contributed by atoms with Crippen molar-refractivity contribution < 1.29 is 23.7 Å². The molecule has 0 spiro atoms. The molecule has 0 saturated carbocycles. The highest BCUT2D eigenvalue weighted by Crippen LogP contribution is 2.29. The molecule has 1 aliphatic rings. The van der Waals surface area contributed by atoms with Crippen LogP contribution in [0.15, 0.2) is 24.3 Å². The molecule has 1 aromatic carbocycles. The summed E-state index contributed by atoms with van der Waals surface area (Å²) in [5, 5.41) is 0. The highest BCUT2D eigenvalue weighted by atomic mass is 16.7. The van der Waals surface area contributed by atoms with E-state index in [-0.39, 0.29) is 35.4 Å². The number of benzene rings is 1. The topological polar surface area (TPSA) is 54.0 Å². The Hall–Kier alpha value is -1.43. The maximum atomic E-state index is 12.0. The van der Waals surface area contributed by atoms with Crippen molar-refractivity contribution in [3.05, 3.63) is 29.8 Å². The third-order valence-corrected chi connectivity index (χ3v) is 5.18. The summed E-state index contributed by atoms with van der Waals surface area (Å²) >= 11 is 0. The van der Waals surface area contributed by atoms with Gasteiger partial charge in [0.1, 0.15) is 11.5 Å². The second kappa shape index (κ2) is 9.67. The van der Waals surface area contributed by atoms with Crippen molar-refractivity contribution in [1.29, 1.82) is 0 Å². The van der Waals surface area contributed by atoms with Gasteiger partial charge < -0.3 is 18.9 Å². The van der Waals surface area contributed by atoms with E-state index in [0.29, 0.717) is 26.2 Å². The standard InChI is InChI=1S/C22H34O5/c1-15(11-20-26-13-22(4,5)14-27-20)21(16(2)17(3)23)25-12-18-7-9-19(24-6)10-8-18/h7-10,15-16,20-21H,11-14H2,1-6H3/t15-,16+,21-/m1/s1. The summed E-state index contributed by atoms with van der Waals surface area (Å²) in [4.78, 5) is 12.0. The molecular weight excluding hydrogens is 344 g/mol. The zero-order valence-electron chi connectivity index (χ0n) is 17.5. The molecule has 0 bridgehead atoms. The summed E-state index contributed by atoms with van der Waals surface area (Å²) in [6.45, 7) is 11.7. The summed E-state index contributed by atoms with van der Waals surface area (Å²) in [5.74, 6) is 0.898. The number of carbonyl (C=O) groups is 1. The molecule has 27 heavy (non-hydrogen) atoms. The van der Waals surface area contributed by atoms with Gasteiger partial charge in [-0.3, -0.25) is 4.79 Å². The van der Waals surface area contributed by atoms with E-state index < -0.39 is 0 Å². The van der Waals surface area contributed by atoms with Gasteiger partial charge in [0, 0.05) is 17.8 Å². The predicted octanol–water partition coefficient (Wildman–Crippen LogP) is 4.23. The van der Waals surface area contributed by atoms with Gasteiger partial charge in [0.2, 0.25) is 0 Å². The Balaban J connectivity index is 1.96. The minimum absolute atomic E-state index is 0.0523. The van der Waals surface area contributed by atoms with Crippen LogP contribution in [0, 0.1) is 17.3 Å². The van der Waals surface area contributed by atoms with Gasteiger partial charge in [-0.15, -0.1) is 0 Å². The Labute approximate surface area is 163 Å². The van der Waals surface area contributed by atoms with Crippen molar-refractivity contribution >= 4 is 5.78 Å². The van der Waals surface area contributed by atoms with E-state index in [4.69, 9.17) is 18.9 Å². The molecule has 152 valence electrons. The minimum Gasteiger partial charge on any atom is -0.497 e. The van der Waals surface area contributed by atoms with Crippen molar-refractivity contribution in [1.82, 2.24) is 0 Å². The van der Waals surface area contributed by atoms with Crippen LogP contribution in [0.3, 0.4) is 0 Å². The fourth-order valence-electron chi connectivity index (χ4n) is 3.25. The Morgan fingerprint density at radius 3 is 2.30 bits per heavy atom. The molecule has 0 aliphatic carbocycles. The summed E-state index contributed by atoms with van der Waals surface area (Å²) in [6, 6.07) is 7.79. The molecule has 1 saturated heterocycles. The van der Waals surface area contributed by atoms with Crippen LogP contribution in [0.5, 0.6) is 5.75 Å². The molecule has 0 radical (unpaired) electrons. The summed E-state index contributed by atoms with van der Waals surface area (Å²) < 4.78 is 23.1. The molecule has 0 amide bonds. The number of ketones is 1. The Bertz CT molecular complexity index is 585. The predicted molar refractivity (Wildman–Crippen MR) is 105 cm³/mol. The zero-order chi connectivity index (χ0) is 20.0. The maximum Gasteiger partial charge on any atom is 0.157 e. The van der Waals surface area contributed by atoms with Crippen LogP contribution >= 0.6 is 0 Å². The molecule has 0 N–H and O–H groups in total. The largest absolute Gasteiger partial charge is 0.497 e. The average molecular weight is 379 g/mol. The lowest BCUT2D eigenvalue weighted by Crippen LogP contribution is -2.41. The molecule has 1 fully saturated rings. The zero-order valence-corrected chi connectivity index (χ0v) is 17.5. The van der Waals surface area contributed by atoms with Gasteiger partial charge in [-0.25, -0.2) is 0 Å². The first kappa shape index (κ1) is 21.9. The summed E-state index contributed by atoms with van der Waals surface area (Å²) in [6.07, 6.45) is 0.284. The molecule has 0 unspecified atom stereocenters. The minimum atomic E-state index is -0.237. The van der Waals surface area contributed by atoms with Gasteiger partial charge >= 0.3 is 0 Å². The smallest absolute Gasteiger partial charge is 0.157 e. The van der Waals surface area contributed by atoms with Crippen molar-refractivity contribution in [3.8, 4) is 5.75 Å². The Kier molecular flexibility index (Phi) is 7.83. The number of hydrogen-bond donors (Lipinski definition) is 0. The third-order valence-electron chi connectivity index (χ3n) is 5.18. The van der Waals surface area contributed by atoms with Crippen LogP contribution in [0.25, 0.3) is 0 Å². The van der Waals surface area contributed by atoms with E-state index in [1.807, 2.05) is 31.2 Å². The normalized spacial score (nSPS) is 20.7. The van der Waals surface area contributed by atoms with E-state index in [1.54, 1.807) is 14.0 Å². The van der Waals surface area contributed by atoms with Crippen molar-refractivity contribution in [3.63, 3.8) is 0 Å². The SMILES string of the molecule is COc1ccc(CO[C@H]([C@H](C)CC2OCC(C)(C)CO2)[C@@H](C)C(C)=O)cc1. The van der Waals surface area contributed by atoms with Gasteiger partial charge in [0.15, 0.2) is 6.29 Å². The number of rotatable bonds is 9. The van der Waals surface area contributed by atoms with E-state index in [9.17, 15) is 4.79 Å². The van der Waals surface area contributed by atoms with Crippen LogP contribution in [0.1, 0.15) is 46.6 Å². The lowest BCUT2D eigenvalue weighted by atomic mass is 9.88. The van der Waals surface area contributed by atoms with Crippen molar-refractivity contribution in [2.45, 2.75) is 60.0 Å². The summed E-state index contributed by atoms with van der Waals surface area (Å²) in [5.41, 5.74) is 1.10. The van der Waals surface area contributed by atoms with E-state index in [2.05, 4.69) is 20.8 Å². The molecule has 5 heteroatoms. The van der Waals surface area contributed by atoms with Crippen molar-refractivity contribution in [2.24, 2.45) is 17.3 Å². The number of hydrogen-bond acceptors (Lipinski definition) is 5. The van der Waals surface area contributed by atoms with E-state index in [0.717, 1.165) is 11.3 Å². The molecule has 1 aromatic rings. The average Bonchev–Trinajstić information content (AvgIpc) is 2.64. The van der Waals surface area contributed by atoms with Crippen LogP contribution in [0.2, 0.25) is 0 Å². The Morgan fingerprint density at radius 2 is 1.78 bits per heavy atom. The molecule has 2 rings (SSSR count). The molecular formula is C22H34O5. The van der Waals surface area contributed by atoms with E-state index in [1.165, 1.54) is 0 Å². The molecule has 1 heterocycles. The quantitative estimate of drug-likeness (QED) is 0.644. The van der Waals surface area contributed by atoms with E-state index >= 15 is 0 Å². The van der Waals surface area contributed by atoms with Gasteiger partial charge in [-0.2, -0.15) is 0 Å². The third kappa shape index (κ3) is 6.59. The molecule has 5 nitrogen and oxygen atoms in total. The number of ether oxygens (including phenoxy) is 4. The first-order chi connectivity index (χ1) is 12.7. The van der Waals surface area contributed by atoms with Crippen LogP contribution in [-0.2, 0) is 25.6 Å². The molecule has 0 aromatic heterocycles. The number of methoxy groups -OCH3 is 1. The highest BCUT2D eigenvalue weighted by molar-refractivity contribution is 5.78. The molecule has 1 aliphatic heterocycles. The van der Waals surface area contributed by atoms with Gasteiger partial charge in [-0.05, 0) is 30.5 Å². The maximum absolute atomic E-state index is 12.0. The molecule has 3 atom stereocenters. The summed E-state index contributed by atoms with van der Waals surface area (Å²) in [7, 11) is 1.65. The number of Topliss-reactive ketones (excluding diaryl/α,β-unsaturated/α-hetero) is 1. The van der Waals surface area contributed by atoms with Crippen LogP contribution in [0.4, 0.5) is 0 Å². The highest BCUT2D eigenvalue weighted by Gasteiger charge is 2.33. The first-order valence-corrected chi connectivity index (χ1v) is 9.70. The number of carbonyl (C=O) groups excluding carboxylic acids is 1. The van der Waals surface area contributed by atoms with Gasteiger partial charge in [0.25, 0.3) is 0 Å². The fourth-order valence-corrected chi connectivity index (χ4v) is 3.25. The van der Waals surface area contributed by atoms with Crippen molar-refractivity contribution in [2.75, 3.05) is 20.3 Å². The van der Waals surface area contributed by atoms with Crippen LogP contribution in [-0.4, -0.2) is 38.5 Å². The van der Waals surface area contributed by atoms with Gasteiger partial charge in [-0.1, -0.05) is 39.8 Å². The van der Waals surface area contributed by atoms with Crippen LogP contribution < -0.4 is 4.74 Å². The second-order valence-electron chi connectivity index (χ2n) is 8.45. The lowest BCUT2D eigenvalue weighted by Gasteiger charge is -2.37.